The summed E-state index contributed by atoms with van der Waals surface area (Å²) in [5.41, 5.74) is 1.98. The zero-order valence-electron chi connectivity index (χ0n) is 15.2. The number of carbonyl (C=O) groups excluding carboxylic acids is 1. The molecule has 2 aromatic rings. The smallest absolute Gasteiger partial charge is 0.243 e. The third kappa shape index (κ3) is 3.93. The van der Waals surface area contributed by atoms with Gasteiger partial charge in [0.2, 0.25) is 5.91 Å². The van der Waals surface area contributed by atoms with E-state index in [1.807, 2.05) is 24.3 Å². The number of rotatable bonds is 6. The summed E-state index contributed by atoms with van der Waals surface area (Å²) in [6.07, 6.45) is 5.27. The number of nitrogens with zero attached hydrogens (tertiary/aromatic N) is 4. The summed E-state index contributed by atoms with van der Waals surface area (Å²) in [6.45, 7) is 4.41. The van der Waals surface area contributed by atoms with Gasteiger partial charge in [0.05, 0.1) is 17.1 Å². The molecule has 1 amide bonds. The molecule has 6 heteroatoms. The number of piperidine rings is 1. The Morgan fingerprint density at radius 3 is 2.58 bits per heavy atom. The van der Waals surface area contributed by atoms with Gasteiger partial charge < -0.3 is 10.2 Å². The van der Waals surface area contributed by atoms with Crippen molar-refractivity contribution in [3.05, 3.63) is 30.0 Å². The zero-order valence-corrected chi connectivity index (χ0v) is 15.2. The standard InChI is InChI=1S/C20H25N5O/c1-2-3-11-22-20(26)15(14-21)18-19(25-12-7-4-8-13-25)24-17-10-6-5-9-16(17)23-18/h5-6,9-10,15H,2-4,7-8,11-13H2,1H3,(H,22,26). The van der Waals surface area contributed by atoms with Crippen molar-refractivity contribution in [3.63, 3.8) is 0 Å². The van der Waals surface area contributed by atoms with Crippen molar-refractivity contribution in [3.8, 4) is 6.07 Å². The Morgan fingerprint density at radius 1 is 1.23 bits per heavy atom. The second-order valence-corrected chi connectivity index (χ2v) is 6.68. The molecule has 1 aromatic heterocycles. The SMILES string of the molecule is CCCCNC(=O)C(C#N)c1nc2ccccc2nc1N1CCCCC1. The highest BCUT2D eigenvalue weighted by Crippen LogP contribution is 2.29. The quantitative estimate of drug-likeness (QED) is 0.809. The van der Waals surface area contributed by atoms with Crippen LogP contribution in [0.4, 0.5) is 5.82 Å². The summed E-state index contributed by atoms with van der Waals surface area (Å²) in [5, 5.41) is 12.6. The molecule has 1 unspecified atom stereocenters. The summed E-state index contributed by atoms with van der Waals surface area (Å²) in [6, 6.07) is 9.76. The number of hydrogen-bond acceptors (Lipinski definition) is 5. The minimum Gasteiger partial charge on any atom is -0.355 e. The van der Waals surface area contributed by atoms with Crippen LogP contribution in [0, 0.1) is 11.3 Å². The molecule has 6 nitrogen and oxygen atoms in total. The van der Waals surface area contributed by atoms with Crippen LogP contribution in [0.2, 0.25) is 0 Å². The van der Waals surface area contributed by atoms with E-state index in [1.54, 1.807) is 0 Å². The molecular formula is C20H25N5O. The van der Waals surface area contributed by atoms with Crippen LogP contribution in [0.1, 0.15) is 50.6 Å². The minimum atomic E-state index is -0.944. The van der Waals surface area contributed by atoms with E-state index < -0.39 is 5.92 Å². The number of carbonyl (C=O) groups is 1. The van der Waals surface area contributed by atoms with E-state index in [9.17, 15) is 10.1 Å². The van der Waals surface area contributed by atoms with E-state index >= 15 is 0 Å². The van der Waals surface area contributed by atoms with Gasteiger partial charge in [0.25, 0.3) is 0 Å². The fourth-order valence-electron chi connectivity index (χ4n) is 3.27. The molecule has 0 saturated carbocycles. The van der Waals surface area contributed by atoms with Crippen LogP contribution in [-0.4, -0.2) is 35.5 Å². The summed E-state index contributed by atoms with van der Waals surface area (Å²) < 4.78 is 0. The number of para-hydroxylation sites is 2. The first-order valence-electron chi connectivity index (χ1n) is 9.43. The topological polar surface area (TPSA) is 81.9 Å². The molecule has 1 aliphatic heterocycles. The van der Waals surface area contributed by atoms with Gasteiger partial charge in [-0.15, -0.1) is 0 Å². The fourth-order valence-corrected chi connectivity index (χ4v) is 3.27. The lowest BCUT2D eigenvalue weighted by Gasteiger charge is -2.29. The Labute approximate surface area is 154 Å². The maximum Gasteiger partial charge on any atom is 0.243 e. The van der Waals surface area contributed by atoms with Gasteiger partial charge in [0.15, 0.2) is 11.7 Å². The molecular weight excluding hydrogens is 326 g/mol. The number of amides is 1. The lowest BCUT2D eigenvalue weighted by Crippen LogP contribution is -2.34. The average molecular weight is 351 g/mol. The molecule has 26 heavy (non-hydrogen) atoms. The number of aromatic nitrogens is 2. The average Bonchev–Trinajstić information content (AvgIpc) is 2.69. The van der Waals surface area contributed by atoms with E-state index in [0.29, 0.717) is 23.6 Å². The molecule has 0 radical (unpaired) electrons. The van der Waals surface area contributed by atoms with Crippen LogP contribution < -0.4 is 10.2 Å². The number of fused-ring (bicyclic) bond motifs is 1. The maximum atomic E-state index is 12.6. The fraction of sp³-hybridized carbons (Fsp3) is 0.500. The highest BCUT2D eigenvalue weighted by molar-refractivity contribution is 5.88. The normalized spacial score (nSPS) is 15.5. The van der Waals surface area contributed by atoms with E-state index in [2.05, 4.69) is 28.2 Å². The van der Waals surface area contributed by atoms with Crippen LogP contribution in [0.3, 0.4) is 0 Å². The number of unbranched alkanes of at least 4 members (excludes halogenated alkanes) is 1. The number of hydrogen-bond donors (Lipinski definition) is 1. The largest absolute Gasteiger partial charge is 0.355 e. The molecule has 3 rings (SSSR count). The van der Waals surface area contributed by atoms with Gasteiger partial charge in [-0.2, -0.15) is 5.26 Å². The van der Waals surface area contributed by atoms with Crippen LogP contribution in [-0.2, 0) is 4.79 Å². The highest BCUT2D eigenvalue weighted by Gasteiger charge is 2.29. The van der Waals surface area contributed by atoms with Crippen molar-refractivity contribution in [1.29, 1.82) is 5.26 Å². The Hall–Kier alpha value is -2.68. The van der Waals surface area contributed by atoms with Crippen LogP contribution in [0.15, 0.2) is 24.3 Å². The van der Waals surface area contributed by atoms with Crippen molar-refractivity contribution in [2.24, 2.45) is 0 Å². The van der Waals surface area contributed by atoms with Crippen molar-refractivity contribution in [2.75, 3.05) is 24.5 Å². The third-order valence-electron chi connectivity index (χ3n) is 4.73. The molecule has 1 fully saturated rings. The van der Waals surface area contributed by atoms with Gasteiger partial charge in [0, 0.05) is 19.6 Å². The number of anilines is 1. The summed E-state index contributed by atoms with van der Waals surface area (Å²) >= 11 is 0. The van der Waals surface area contributed by atoms with Crippen molar-refractivity contribution in [2.45, 2.75) is 44.9 Å². The first-order chi connectivity index (χ1) is 12.7. The predicted octanol–water partition coefficient (Wildman–Crippen LogP) is 3.14. The molecule has 0 aliphatic carbocycles. The van der Waals surface area contributed by atoms with E-state index in [-0.39, 0.29) is 5.91 Å². The second kappa shape index (κ2) is 8.61. The second-order valence-electron chi connectivity index (χ2n) is 6.68. The molecule has 1 aliphatic rings. The predicted molar refractivity (Wildman–Crippen MR) is 102 cm³/mol. The van der Waals surface area contributed by atoms with Crippen LogP contribution >= 0.6 is 0 Å². The lowest BCUT2D eigenvalue weighted by atomic mass is 10.0. The van der Waals surface area contributed by atoms with Gasteiger partial charge in [-0.1, -0.05) is 25.5 Å². The maximum absolute atomic E-state index is 12.6. The number of benzene rings is 1. The van der Waals surface area contributed by atoms with Gasteiger partial charge in [-0.25, -0.2) is 9.97 Å². The van der Waals surface area contributed by atoms with Crippen molar-refractivity contribution >= 4 is 22.8 Å². The zero-order chi connectivity index (χ0) is 18.4. The monoisotopic (exact) mass is 351 g/mol. The Bertz CT molecular complexity index is 807. The Kier molecular flexibility index (Phi) is 6.00. The van der Waals surface area contributed by atoms with E-state index in [0.717, 1.165) is 44.3 Å². The Balaban J connectivity index is 2.00. The molecule has 1 saturated heterocycles. The number of nitriles is 1. The highest BCUT2D eigenvalue weighted by atomic mass is 16.1. The Morgan fingerprint density at radius 2 is 1.92 bits per heavy atom. The summed E-state index contributed by atoms with van der Waals surface area (Å²) in [5.74, 6) is -0.551. The van der Waals surface area contributed by atoms with Crippen LogP contribution in [0.25, 0.3) is 11.0 Å². The van der Waals surface area contributed by atoms with E-state index in [1.165, 1.54) is 6.42 Å². The molecule has 1 aromatic carbocycles. The molecule has 1 atom stereocenters. The molecule has 1 N–H and O–H groups in total. The molecule has 136 valence electrons. The van der Waals surface area contributed by atoms with Crippen LogP contribution in [0.5, 0.6) is 0 Å². The summed E-state index contributed by atoms with van der Waals surface area (Å²) in [7, 11) is 0. The van der Waals surface area contributed by atoms with Crippen molar-refractivity contribution in [1.82, 2.24) is 15.3 Å². The van der Waals surface area contributed by atoms with Gasteiger partial charge in [-0.3, -0.25) is 4.79 Å². The van der Waals surface area contributed by atoms with Gasteiger partial charge in [-0.05, 0) is 37.8 Å². The molecule has 0 bridgehead atoms. The van der Waals surface area contributed by atoms with Crippen molar-refractivity contribution < 1.29 is 4.79 Å². The minimum absolute atomic E-state index is 0.288. The van der Waals surface area contributed by atoms with Gasteiger partial charge in [0.1, 0.15) is 5.69 Å². The van der Waals surface area contributed by atoms with E-state index in [4.69, 9.17) is 4.98 Å². The lowest BCUT2D eigenvalue weighted by molar-refractivity contribution is -0.121. The van der Waals surface area contributed by atoms with Gasteiger partial charge >= 0.3 is 0 Å². The first-order valence-corrected chi connectivity index (χ1v) is 9.43. The molecule has 2 heterocycles. The molecule has 0 spiro atoms. The number of nitrogens with one attached hydrogen (secondary N) is 1. The first kappa shape index (κ1) is 18.1. The third-order valence-corrected chi connectivity index (χ3v) is 4.73. The summed E-state index contributed by atoms with van der Waals surface area (Å²) in [4.78, 5) is 24.2.